The number of carboxylic acids is 1. The van der Waals surface area contributed by atoms with Gasteiger partial charge in [0, 0.05) is 31.2 Å². The maximum absolute atomic E-state index is 11.9. The van der Waals surface area contributed by atoms with Crippen molar-refractivity contribution in [3.05, 3.63) is 37.1 Å². The molecule has 0 aliphatic carbocycles. The number of carbonyl (C=O) groups excluding carboxylic acids is 4. The molecule has 0 aromatic rings. The van der Waals surface area contributed by atoms with E-state index in [-0.39, 0.29) is 12.6 Å². The zero-order chi connectivity index (χ0) is 31.6. The Bertz CT molecular complexity index is 784. The third-order valence-electron chi connectivity index (χ3n) is 4.77. The van der Waals surface area contributed by atoms with E-state index < -0.39 is 35.1 Å². The van der Waals surface area contributed by atoms with Crippen LogP contribution in [0.25, 0.3) is 0 Å². The number of esters is 4. The highest BCUT2D eigenvalue weighted by molar-refractivity contribution is 5.92. The van der Waals surface area contributed by atoms with Gasteiger partial charge in [-0.05, 0) is 60.3 Å². The summed E-state index contributed by atoms with van der Waals surface area (Å²) < 4.78 is 19.4. The van der Waals surface area contributed by atoms with E-state index in [9.17, 15) is 24.0 Å². The molecule has 1 N–H and O–H groups in total. The van der Waals surface area contributed by atoms with Crippen LogP contribution >= 0.6 is 0 Å². The molecule has 0 bridgehead atoms. The number of unbranched alkanes of at least 4 members (excludes halogenated alkanes) is 4. The summed E-state index contributed by atoms with van der Waals surface area (Å²) in [6, 6.07) is 0. The molecule has 0 amide bonds. The SMILES string of the molecule is C=COC(C)=O.CCCCCC(C)(C)OC(=O)/C=C\C(=O)OC(C)(C)CCCCC.CCOC(=O)/C=C\C(=O)O. The summed E-state index contributed by atoms with van der Waals surface area (Å²) in [5.74, 6) is -3.13. The molecule has 0 saturated heterocycles. The van der Waals surface area contributed by atoms with Crippen molar-refractivity contribution in [3.8, 4) is 0 Å². The first-order chi connectivity index (χ1) is 18.6. The molecule has 0 heterocycles. The summed E-state index contributed by atoms with van der Waals surface area (Å²) in [5.41, 5.74) is -1.03. The first-order valence-electron chi connectivity index (χ1n) is 13.6. The van der Waals surface area contributed by atoms with Crippen molar-refractivity contribution in [1.82, 2.24) is 0 Å². The van der Waals surface area contributed by atoms with Crippen LogP contribution < -0.4 is 0 Å². The Morgan fingerprint density at radius 2 is 1.10 bits per heavy atom. The molecule has 10 nitrogen and oxygen atoms in total. The van der Waals surface area contributed by atoms with Crippen LogP contribution in [0, 0.1) is 0 Å². The Morgan fingerprint density at radius 3 is 1.38 bits per heavy atom. The number of rotatable bonds is 16. The van der Waals surface area contributed by atoms with Gasteiger partial charge in [-0.2, -0.15) is 0 Å². The number of ether oxygens (including phenoxy) is 4. The monoisotopic (exact) mass is 570 g/mol. The fraction of sp³-hybridized carbons (Fsp3) is 0.633. The number of carboxylic acid groups (broad SMARTS) is 1. The molecular formula is C30H50O10. The van der Waals surface area contributed by atoms with Gasteiger partial charge in [-0.15, -0.1) is 0 Å². The topological polar surface area (TPSA) is 142 Å². The van der Waals surface area contributed by atoms with Crippen molar-refractivity contribution in [3.63, 3.8) is 0 Å². The third kappa shape index (κ3) is 32.6. The van der Waals surface area contributed by atoms with Crippen LogP contribution in [0.3, 0.4) is 0 Å². The van der Waals surface area contributed by atoms with Crippen LogP contribution in [-0.2, 0) is 42.9 Å². The van der Waals surface area contributed by atoms with E-state index in [0.29, 0.717) is 0 Å². The Kier molecular flexibility index (Phi) is 25.2. The second-order valence-electron chi connectivity index (χ2n) is 9.81. The van der Waals surface area contributed by atoms with Gasteiger partial charge in [0.15, 0.2) is 0 Å². The maximum Gasteiger partial charge on any atom is 0.331 e. The molecular weight excluding hydrogens is 520 g/mol. The van der Waals surface area contributed by atoms with Gasteiger partial charge in [0.25, 0.3) is 0 Å². The molecule has 230 valence electrons. The zero-order valence-corrected chi connectivity index (χ0v) is 25.6. The molecule has 0 radical (unpaired) electrons. The molecule has 0 rings (SSSR count). The van der Waals surface area contributed by atoms with Crippen LogP contribution in [0.5, 0.6) is 0 Å². The third-order valence-corrected chi connectivity index (χ3v) is 4.77. The average molecular weight is 571 g/mol. The van der Waals surface area contributed by atoms with Crippen molar-refractivity contribution in [1.29, 1.82) is 0 Å². The maximum atomic E-state index is 11.9. The lowest BCUT2D eigenvalue weighted by molar-refractivity contribution is -0.153. The molecule has 0 aromatic heterocycles. The summed E-state index contributed by atoms with van der Waals surface area (Å²) in [6.45, 7) is 18.2. The average Bonchev–Trinajstić information content (AvgIpc) is 2.82. The van der Waals surface area contributed by atoms with E-state index in [1.807, 2.05) is 27.7 Å². The molecule has 0 aliphatic heterocycles. The number of hydrogen-bond acceptors (Lipinski definition) is 9. The van der Waals surface area contributed by atoms with E-state index in [1.165, 1.54) is 6.92 Å². The van der Waals surface area contributed by atoms with Gasteiger partial charge in [0.2, 0.25) is 0 Å². The lowest BCUT2D eigenvalue weighted by atomic mass is 10.0. The number of aliphatic carboxylic acids is 1. The van der Waals surface area contributed by atoms with E-state index in [2.05, 4.69) is 29.9 Å². The molecule has 0 aliphatic rings. The van der Waals surface area contributed by atoms with Crippen LogP contribution in [0.15, 0.2) is 37.1 Å². The predicted octanol–water partition coefficient (Wildman–Crippen LogP) is 6.23. The summed E-state index contributed by atoms with van der Waals surface area (Å²) in [7, 11) is 0. The Morgan fingerprint density at radius 1 is 0.700 bits per heavy atom. The summed E-state index contributed by atoms with van der Waals surface area (Å²) in [4.78, 5) is 53.6. The minimum atomic E-state index is -1.16. The Hall–Kier alpha value is -3.43. The minimum absolute atomic E-state index is 0.253. The van der Waals surface area contributed by atoms with Crippen molar-refractivity contribution >= 4 is 29.8 Å². The van der Waals surface area contributed by atoms with Gasteiger partial charge in [0.05, 0.1) is 12.9 Å². The van der Waals surface area contributed by atoms with Crippen molar-refractivity contribution in [2.24, 2.45) is 0 Å². The predicted molar refractivity (Wildman–Crippen MR) is 153 cm³/mol. The molecule has 0 spiro atoms. The highest BCUT2D eigenvalue weighted by atomic mass is 16.6. The molecule has 0 saturated carbocycles. The van der Waals surface area contributed by atoms with Gasteiger partial charge in [0.1, 0.15) is 11.2 Å². The molecule has 0 unspecified atom stereocenters. The summed E-state index contributed by atoms with van der Waals surface area (Å²) in [5, 5.41) is 8.04. The molecule has 0 fully saturated rings. The van der Waals surface area contributed by atoms with Crippen LogP contribution in [-0.4, -0.2) is 52.8 Å². The van der Waals surface area contributed by atoms with Gasteiger partial charge in [-0.1, -0.05) is 46.1 Å². The highest BCUT2D eigenvalue weighted by Crippen LogP contribution is 2.20. The summed E-state index contributed by atoms with van der Waals surface area (Å²) >= 11 is 0. The fourth-order valence-electron chi connectivity index (χ4n) is 2.90. The van der Waals surface area contributed by atoms with Crippen molar-refractivity contribution < 1.29 is 48.0 Å². The van der Waals surface area contributed by atoms with Gasteiger partial charge in [-0.3, -0.25) is 4.79 Å². The van der Waals surface area contributed by atoms with Crippen molar-refractivity contribution in [2.45, 2.75) is 118 Å². The lowest BCUT2D eigenvalue weighted by Gasteiger charge is -2.25. The number of carbonyl (C=O) groups is 5. The Labute approximate surface area is 239 Å². The quantitative estimate of drug-likeness (QED) is 0.0745. The first-order valence-corrected chi connectivity index (χ1v) is 13.6. The molecule has 10 heteroatoms. The van der Waals surface area contributed by atoms with Crippen molar-refractivity contribution in [2.75, 3.05) is 6.61 Å². The fourth-order valence-corrected chi connectivity index (χ4v) is 2.90. The Balaban J connectivity index is -0.000000697. The second-order valence-corrected chi connectivity index (χ2v) is 9.81. The molecule has 40 heavy (non-hydrogen) atoms. The van der Waals surface area contributed by atoms with E-state index in [1.54, 1.807) is 6.92 Å². The van der Waals surface area contributed by atoms with Gasteiger partial charge < -0.3 is 24.1 Å². The minimum Gasteiger partial charge on any atom is -0.478 e. The second kappa shape index (κ2) is 24.6. The number of hydrogen-bond donors (Lipinski definition) is 1. The largest absolute Gasteiger partial charge is 0.478 e. The molecule has 0 atom stereocenters. The molecule has 0 aromatic carbocycles. The van der Waals surface area contributed by atoms with Crippen LogP contribution in [0.1, 0.15) is 107 Å². The zero-order valence-electron chi connectivity index (χ0n) is 25.6. The van der Waals surface area contributed by atoms with Crippen LogP contribution in [0.2, 0.25) is 0 Å². The van der Waals surface area contributed by atoms with E-state index >= 15 is 0 Å². The van der Waals surface area contributed by atoms with E-state index in [0.717, 1.165) is 81.9 Å². The standard InChI is InChI=1S/C20H36O4.C6H8O4.C4H6O2/c1-7-9-11-15-19(3,4)23-17(21)13-14-18(22)24-20(5,6)16-12-10-8-2;1-2-10-6(9)4-3-5(7)8;1-3-6-4(2)5/h13-14H,7-12,15-16H2,1-6H3;3-4H,2H2,1H3,(H,7,8);3H,1H2,2H3/b14-13-;4-3-;. The normalized spacial score (nSPS) is 10.9. The van der Waals surface area contributed by atoms with E-state index in [4.69, 9.17) is 14.6 Å². The first kappa shape index (κ1) is 41.1. The smallest absolute Gasteiger partial charge is 0.331 e. The lowest BCUT2D eigenvalue weighted by Crippen LogP contribution is -2.28. The highest BCUT2D eigenvalue weighted by Gasteiger charge is 2.23. The summed E-state index contributed by atoms with van der Waals surface area (Å²) in [6.07, 6.45) is 13.2. The van der Waals surface area contributed by atoms with Gasteiger partial charge in [-0.25, -0.2) is 19.2 Å². The van der Waals surface area contributed by atoms with Crippen LogP contribution in [0.4, 0.5) is 0 Å². The van der Waals surface area contributed by atoms with Gasteiger partial charge >= 0.3 is 29.8 Å².